The number of thiophene rings is 1. The Bertz CT molecular complexity index is 616. The van der Waals surface area contributed by atoms with E-state index in [0.29, 0.717) is 4.88 Å². The molecule has 1 fully saturated rings. The molecule has 0 bridgehead atoms. The molecule has 1 saturated heterocycles. The number of nitrogens with zero attached hydrogens (tertiary/aromatic N) is 2. The van der Waals surface area contributed by atoms with E-state index in [2.05, 4.69) is 22.1 Å². The maximum Gasteiger partial charge on any atom is 0.263 e. The Balaban J connectivity index is 1.40. The molecule has 2 aromatic rings. The molecule has 124 valence electrons. The van der Waals surface area contributed by atoms with Crippen LogP contribution in [0.5, 0.6) is 0 Å². The highest BCUT2D eigenvalue weighted by atomic mass is 32.1. The maximum absolute atomic E-state index is 12.2. The lowest BCUT2D eigenvalue weighted by Gasteiger charge is -2.30. The highest BCUT2D eigenvalue weighted by Gasteiger charge is 2.15. The quantitative estimate of drug-likeness (QED) is 0.809. The van der Waals surface area contributed by atoms with Crippen molar-refractivity contribution in [1.82, 2.24) is 15.2 Å². The van der Waals surface area contributed by atoms with Gasteiger partial charge in [-0.1, -0.05) is 13.0 Å². The second kappa shape index (κ2) is 8.04. The van der Waals surface area contributed by atoms with Crippen LogP contribution in [-0.4, -0.2) is 42.0 Å². The first kappa shape index (κ1) is 16.6. The molecular formula is C17H23N3OS2. The van der Waals surface area contributed by atoms with Gasteiger partial charge in [0.25, 0.3) is 5.91 Å². The number of hydrogen-bond donors (Lipinski definition) is 1. The first-order chi connectivity index (χ1) is 11.2. The van der Waals surface area contributed by atoms with Crippen LogP contribution in [0.25, 0.3) is 9.88 Å². The lowest BCUT2D eigenvalue weighted by atomic mass is 9.99. The Morgan fingerprint density at radius 3 is 3.00 bits per heavy atom. The van der Waals surface area contributed by atoms with Gasteiger partial charge in [-0.3, -0.25) is 4.79 Å². The Kier molecular flexibility index (Phi) is 5.80. The number of amides is 1. The standard InChI is InChI=1S/C17H23N3OS2/c1-13-5-9-20(10-6-13)8-3-7-18-16(21)15-12-19-17(23-15)14-4-2-11-22-14/h2,4,11-13H,3,5-10H2,1H3,(H,18,21). The van der Waals surface area contributed by atoms with Crippen molar-refractivity contribution in [3.8, 4) is 9.88 Å². The molecule has 1 aliphatic rings. The first-order valence-corrected chi connectivity index (χ1v) is 9.92. The summed E-state index contributed by atoms with van der Waals surface area (Å²) < 4.78 is 0. The minimum atomic E-state index is -0.00225. The molecule has 3 heterocycles. The second-order valence-electron chi connectivity index (χ2n) is 6.14. The van der Waals surface area contributed by atoms with Crippen molar-refractivity contribution < 1.29 is 4.79 Å². The molecule has 1 amide bonds. The normalized spacial score (nSPS) is 16.6. The molecule has 2 aromatic heterocycles. The van der Waals surface area contributed by atoms with E-state index in [-0.39, 0.29) is 5.91 Å². The zero-order valence-electron chi connectivity index (χ0n) is 13.5. The summed E-state index contributed by atoms with van der Waals surface area (Å²) in [5.74, 6) is 0.868. The zero-order valence-corrected chi connectivity index (χ0v) is 15.1. The van der Waals surface area contributed by atoms with Crippen LogP contribution in [0.3, 0.4) is 0 Å². The smallest absolute Gasteiger partial charge is 0.263 e. The van der Waals surface area contributed by atoms with Crippen LogP contribution in [0.2, 0.25) is 0 Å². The third-order valence-corrected chi connectivity index (χ3v) is 6.31. The van der Waals surface area contributed by atoms with E-state index in [1.165, 1.54) is 37.3 Å². The van der Waals surface area contributed by atoms with Crippen molar-refractivity contribution >= 4 is 28.6 Å². The number of carbonyl (C=O) groups is 1. The van der Waals surface area contributed by atoms with Gasteiger partial charge in [0.15, 0.2) is 0 Å². The molecule has 0 unspecified atom stereocenters. The summed E-state index contributed by atoms with van der Waals surface area (Å²) >= 11 is 3.11. The Hall–Kier alpha value is -1.24. The number of aromatic nitrogens is 1. The zero-order chi connectivity index (χ0) is 16.1. The summed E-state index contributed by atoms with van der Waals surface area (Å²) in [6.45, 7) is 6.55. The van der Waals surface area contributed by atoms with Crippen LogP contribution in [0.15, 0.2) is 23.7 Å². The van der Waals surface area contributed by atoms with E-state index < -0.39 is 0 Å². The van der Waals surface area contributed by atoms with E-state index in [1.807, 2.05) is 17.5 Å². The van der Waals surface area contributed by atoms with Crippen LogP contribution in [-0.2, 0) is 0 Å². The van der Waals surface area contributed by atoms with Crippen LogP contribution < -0.4 is 5.32 Å². The summed E-state index contributed by atoms with van der Waals surface area (Å²) in [6.07, 6.45) is 5.30. The fourth-order valence-electron chi connectivity index (χ4n) is 2.77. The van der Waals surface area contributed by atoms with Crippen LogP contribution in [0.1, 0.15) is 35.9 Å². The molecular weight excluding hydrogens is 326 g/mol. The minimum Gasteiger partial charge on any atom is -0.351 e. The van der Waals surface area contributed by atoms with Crippen molar-refractivity contribution in [2.75, 3.05) is 26.2 Å². The lowest BCUT2D eigenvalue weighted by molar-refractivity contribution is 0.0954. The molecule has 0 saturated carbocycles. The van der Waals surface area contributed by atoms with Gasteiger partial charge in [-0.15, -0.1) is 22.7 Å². The number of hydrogen-bond acceptors (Lipinski definition) is 5. The topological polar surface area (TPSA) is 45.2 Å². The van der Waals surface area contributed by atoms with Crippen molar-refractivity contribution in [2.24, 2.45) is 5.92 Å². The molecule has 23 heavy (non-hydrogen) atoms. The minimum absolute atomic E-state index is 0.00225. The predicted molar refractivity (Wildman–Crippen MR) is 97.2 cm³/mol. The second-order valence-corrected chi connectivity index (χ2v) is 8.12. The molecule has 0 aliphatic carbocycles. The van der Waals surface area contributed by atoms with Crippen molar-refractivity contribution in [3.05, 3.63) is 28.6 Å². The largest absolute Gasteiger partial charge is 0.351 e. The van der Waals surface area contributed by atoms with Gasteiger partial charge in [0.2, 0.25) is 0 Å². The monoisotopic (exact) mass is 349 g/mol. The molecule has 4 nitrogen and oxygen atoms in total. The van der Waals surface area contributed by atoms with Crippen LogP contribution in [0, 0.1) is 5.92 Å². The predicted octanol–water partition coefficient (Wildman–Crippen LogP) is 3.72. The van der Waals surface area contributed by atoms with Gasteiger partial charge < -0.3 is 10.2 Å². The van der Waals surface area contributed by atoms with Crippen LogP contribution in [0.4, 0.5) is 0 Å². The number of piperidine rings is 1. The Labute approximate surface area is 145 Å². The molecule has 3 rings (SSSR count). The van der Waals surface area contributed by atoms with Crippen molar-refractivity contribution in [2.45, 2.75) is 26.2 Å². The summed E-state index contributed by atoms with van der Waals surface area (Å²) in [4.78, 5) is 20.8. The number of nitrogens with one attached hydrogen (secondary N) is 1. The molecule has 1 N–H and O–H groups in total. The lowest BCUT2D eigenvalue weighted by Crippen LogP contribution is -2.35. The summed E-state index contributed by atoms with van der Waals surface area (Å²) in [5.41, 5.74) is 0. The SMILES string of the molecule is CC1CCN(CCCNC(=O)c2cnc(-c3cccs3)s2)CC1. The average molecular weight is 350 g/mol. The molecule has 1 aliphatic heterocycles. The van der Waals surface area contributed by atoms with Gasteiger partial charge in [0.05, 0.1) is 11.1 Å². The van der Waals surface area contributed by atoms with E-state index >= 15 is 0 Å². The highest BCUT2D eigenvalue weighted by Crippen LogP contribution is 2.28. The Morgan fingerprint density at radius 2 is 2.26 bits per heavy atom. The highest BCUT2D eigenvalue weighted by molar-refractivity contribution is 7.21. The van der Waals surface area contributed by atoms with E-state index in [4.69, 9.17) is 0 Å². The van der Waals surface area contributed by atoms with E-state index in [9.17, 15) is 4.79 Å². The summed E-state index contributed by atoms with van der Waals surface area (Å²) in [6, 6.07) is 4.03. The summed E-state index contributed by atoms with van der Waals surface area (Å²) in [7, 11) is 0. The van der Waals surface area contributed by atoms with Crippen molar-refractivity contribution in [1.29, 1.82) is 0 Å². The fraction of sp³-hybridized carbons (Fsp3) is 0.529. The summed E-state index contributed by atoms with van der Waals surface area (Å²) in [5, 5.41) is 5.96. The van der Waals surface area contributed by atoms with E-state index in [1.54, 1.807) is 17.5 Å². The molecule has 0 spiro atoms. The molecule has 0 radical (unpaired) electrons. The number of likely N-dealkylation sites (tertiary alicyclic amines) is 1. The first-order valence-electron chi connectivity index (χ1n) is 8.22. The third kappa shape index (κ3) is 4.62. The maximum atomic E-state index is 12.2. The molecule has 0 aromatic carbocycles. The van der Waals surface area contributed by atoms with Gasteiger partial charge >= 0.3 is 0 Å². The van der Waals surface area contributed by atoms with Gasteiger partial charge in [-0.2, -0.15) is 0 Å². The molecule has 0 atom stereocenters. The number of rotatable bonds is 6. The average Bonchev–Trinajstić information content (AvgIpc) is 3.23. The van der Waals surface area contributed by atoms with Crippen molar-refractivity contribution in [3.63, 3.8) is 0 Å². The molecule has 6 heteroatoms. The number of carbonyl (C=O) groups excluding carboxylic acids is 1. The third-order valence-electron chi connectivity index (χ3n) is 4.27. The van der Waals surface area contributed by atoms with Gasteiger partial charge in [0.1, 0.15) is 9.88 Å². The number of thiazole rings is 1. The van der Waals surface area contributed by atoms with Gasteiger partial charge in [-0.05, 0) is 56.3 Å². The van der Waals surface area contributed by atoms with Crippen LogP contribution >= 0.6 is 22.7 Å². The fourth-order valence-corrected chi connectivity index (χ4v) is 4.41. The van der Waals surface area contributed by atoms with E-state index in [0.717, 1.165) is 35.3 Å². The van der Waals surface area contributed by atoms with Gasteiger partial charge in [-0.25, -0.2) is 4.98 Å². The van der Waals surface area contributed by atoms with Gasteiger partial charge in [0, 0.05) is 6.54 Å². The Morgan fingerprint density at radius 1 is 1.43 bits per heavy atom.